The highest BCUT2D eigenvalue weighted by Gasteiger charge is 2.09. The molecule has 0 radical (unpaired) electrons. The number of hydrogen-bond acceptors (Lipinski definition) is 0. The van der Waals surface area contributed by atoms with Crippen molar-refractivity contribution in [2.45, 2.75) is 20.3 Å². The van der Waals surface area contributed by atoms with Gasteiger partial charge in [0.1, 0.15) is 0 Å². The highest BCUT2D eigenvalue weighted by atomic mass is 14.1. The van der Waals surface area contributed by atoms with Crippen LogP contribution in [0.2, 0.25) is 0 Å². The van der Waals surface area contributed by atoms with Crippen molar-refractivity contribution < 1.29 is 0 Å². The summed E-state index contributed by atoms with van der Waals surface area (Å²) < 4.78 is 0. The van der Waals surface area contributed by atoms with Crippen molar-refractivity contribution in [2.75, 3.05) is 0 Å². The summed E-state index contributed by atoms with van der Waals surface area (Å²) in [5.74, 6) is 1.54. The minimum Gasteiger partial charge on any atom is -0.0811 e. The van der Waals surface area contributed by atoms with E-state index in [1.807, 2.05) is 0 Å². The highest BCUT2D eigenvalue weighted by molar-refractivity contribution is 5.13. The molecule has 50 valence electrons. The Kier molecular flexibility index (Phi) is 2.10. The van der Waals surface area contributed by atoms with Gasteiger partial charge < -0.3 is 0 Å². The first-order chi connectivity index (χ1) is 4.34. The van der Waals surface area contributed by atoms with E-state index >= 15 is 0 Å². The van der Waals surface area contributed by atoms with Crippen LogP contribution in [0.5, 0.6) is 0 Å². The second-order valence-electron chi connectivity index (χ2n) is 2.70. The van der Waals surface area contributed by atoms with E-state index in [9.17, 15) is 0 Å². The van der Waals surface area contributed by atoms with Crippen LogP contribution in [0, 0.1) is 11.8 Å². The molecule has 2 atom stereocenters. The Morgan fingerprint density at radius 2 is 1.89 bits per heavy atom. The Labute approximate surface area is 57.3 Å². The molecule has 9 heavy (non-hydrogen) atoms. The molecule has 0 aromatic rings. The maximum Gasteiger partial charge on any atom is -0.0173 e. The zero-order chi connectivity index (χ0) is 6.69. The molecule has 0 amide bonds. The third kappa shape index (κ3) is 1.44. The maximum absolute atomic E-state index is 2.30. The van der Waals surface area contributed by atoms with Crippen molar-refractivity contribution >= 4 is 0 Å². The Balaban J connectivity index is 2.55. The maximum atomic E-state index is 2.30. The van der Waals surface area contributed by atoms with Gasteiger partial charge in [0.2, 0.25) is 0 Å². The van der Waals surface area contributed by atoms with E-state index in [0.717, 1.165) is 11.8 Å². The first-order valence-corrected chi connectivity index (χ1v) is 3.69. The van der Waals surface area contributed by atoms with E-state index in [1.165, 1.54) is 6.42 Å². The van der Waals surface area contributed by atoms with Gasteiger partial charge in [-0.3, -0.25) is 0 Å². The SMILES string of the molecule is CC[C@@H]1C=CC=CC1C. The molecule has 0 heteroatoms. The van der Waals surface area contributed by atoms with Crippen LogP contribution in [0.4, 0.5) is 0 Å². The minimum atomic E-state index is 0.750. The van der Waals surface area contributed by atoms with Gasteiger partial charge in [0.15, 0.2) is 0 Å². The van der Waals surface area contributed by atoms with Gasteiger partial charge in [0.05, 0.1) is 0 Å². The van der Waals surface area contributed by atoms with Crippen molar-refractivity contribution in [3.8, 4) is 0 Å². The summed E-state index contributed by atoms with van der Waals surface area (Å²) >= 11 is 0. The smallest absolute Gasteiger partial charge is 0.0173 e. The van der Waals surface area contributed by atoms with E-state index in [1.54, 1.807) is 0 Å². The summed E-state index contributed by atoms with van der Waals surface area (Å²) in [7, 11) is 0. The van der Waals surface area contributed by atoms with Crippen LogP contribution in [-0.4, -0.2) is 0 Å². The van der Waals surface area contributed by atoms with Crippen LogP contribution in [0.15, 0.2) is 24.3 Å². The topological polar surface area (TPSA) is 0 Å². The van der Waals surface area contributed by atoms with Gasteiger partial charge in [-0.05, 0) is 18.3 Å². The lowest BCUT2D eigenvalue weighted by molar-refractivity contribution is 0.492. The number of rotatable bonds is 1. The molecule has 1 rings (SSSR count). The van der Waals surface area contributed by atoms with Gasteiger partial charge in [-0.25, -0.2) is 0 Å². The molecule has 0 N–H and O–H groups in total. The van der Waals surface area contributed by atoms with E-state index in [2.05, 4.69) is 38.2 Å². The lowest BCUT2D eigenvalue weighted by Gasteiger charge is -2.17. The Morgan fingerprint density at radius 3 is 2.33 bits per heavy atom. The zero-order valence-corrected chi connectivity index (χ0v) is 6.17. The monoisotopic (exact) mass is 122 g/mol. The molecule has 0 nitrogen and oxygen atoms in total. The lowest BCUT2D eigenvalue weighted by atomic mass is 9.88. The number of allylic oxidation sites excluding steroid dienone is 4. The standard InChI is InChI=1S/C9H14/c1-3-9-7-5-4-6-8(9)2/h4-9H,3H2,1-2H3/t8?,9-/m1/s1. The summed E-state index contributed by atoms with van der Waals surface area (Å²) in [6, 6.07) is 0. The lowest BCUT2D eigenvalue weighted by Crippen LogP contribution is -2.06. The van der Waals surface area contributed by atoms with E-state index in [-0.39, 0.29) is 0 Å². The molecule has 0 fully saturated rings. The summed E-state index contributed by atoms with van der Waals surface area (Å²) in [5.41, 5.74) is 0. The minimum absolute atomic E-state index is 0.750. The molecule has 0 aromatic carbocycles. The largest absolute Gasteiger partial charge is 0.0811 e. The average Bonchev–Trinajstić information content (AvgIpc) is 1.89. The second-order valence-corrected chi connectivity index (χ2v) is 2.70. The molecule has 0 aromatic heterocycles. The fourth-order valence-corrected chi connectivity index (χ4v) is 1.27. The van der Waals surface area contributed by atoms with E-state index in [4.69, 9.17) is 0 Å². The third-order valence-electron chi connectivity index (χ3n) is 2.03. The molecule has 1 unspecified atom stereocenters. The van der Waals surface area contributed by atoms with Gasteiger partial charge in [-0.2, -0.15) is 0 Å². The summed E-state index contributed by atoms with van der Waals surface area (Å²) in [6.45, 7) is 4.51. The first kappa shape index (κ1) is 6.60. The van der Waals surface area contributed by atoms with Crippen molar-refractivity contribution in [3.05, 3.63) is 24.3 Å². The molecule has 0 aliphatic heterocycles. The highest BCUT2D eigenvalue weighted by Crippen LogP contribution is 2.21. The van der Waals surface area contributed by atoms with Crippen molar-refractivity contribution in [2.24, 2.45) is 11.8 Å². The third-order valence-corrected chi connectivity index (χ3v) is 2.03. The summed E-state index contributed by atoms with van der Waals surface area (Å²) in [6.07, 6.45) is 10.1. The Bertz CT molecular complexity index is 131. The summed E-state index contributed by atoms with van der Waals surface area (Å²) in [4.78, 5) is 0. The molecule has 0 spiro atoms. The van der Waals surface area contributed by atoms with Crippen LogP contribution in [0.1, 0.15) is 20.3 Å². The number of hydrogen-bond donors (Lipinski definition) is 0. The van der Waals surface area contributed by atoms with Crippen LogP contribution in [0.3, 0.4) is 0 Å². The van der Waals surface area contributed by atoms with Crippen molar-refractivity contribution in [1.82, 2.24) is 0 Å². The van der Waals surface area contributed by atoms with Crippen molar-refractivity contribution in [3.63, 3.8) is 0 Å². The van der Waals surface area contributed by atoms with Gasteiger partial charge in [0.25, 0.3) is 0 Å². The molecular weight excluding hydrogens is 108 g/mol. The zero-order valence-electron chi connectivity index (χ0n) is 6.17. The van der Waals surface area contributed by atoms with Crippen LogP contribution in [-0.2, 0) is 0 Å². The summed E-state index contributed by atoms with van der Waals surface area (Å²) in [5, 5.41) is 0. The molecular formula is C9H14. The van der Waals surface area contributed by atoms with Crippen LogP contribution < -0.4 is 0 Å². The second kappa shape index (κ2) is 2.86. The van der Waals surface area contributed by atoms with Crippen LogP contribution in [0.25, 0.3) is 0 Å². The van der Waals surface area contributed by atoms with Gasteiger partial charge in [-0.15, -0.1) is 0 Å². The van der Waals surface area contributed by atoms with Crippen LogP contribution >= 0.6 is 0 Å². The molecule has 0 saturated carbocycles. The fourth-order valence-electron chi connectivity index (χ4n) is 1.27. The normalized spacial score (nSPS) is 33.1. The quantitative estimate of drug-likeness (QED) is 0.501. The van der Waals surface area contributed by atoms with Crippen molar-refractivity contribution in [1.29, 1.82) is 0 Å². The molecule has 0 saturated heterocycles. The van der Waals surface area contributed by atoms with Gasteiger partial charge >= 0.3 is 0 Å². The predicted octanol–water partition coefficient (Wildman–Crippen LogP) is 2.77. The van der Waals surface area contributed by atoms with Gasteiger partial charge in [-0.1, -0.05) is 38.2 Å². The molecule has 0 heterocycles. The Hall–Kier alpha value is -0.520. The molecule has 1 aliphatic carbocycles. The predicted molar refractivity (Wildman–Crippen MR) is 41.2 cm³/mol. The molecule has 1 aliphatic rings. The van der Waals surface area contributed by atoms with E-state index in [0.29, 0.717) is 0 Å². The first-order valence-electron chi connectivity index (χ1n) is 3.69. The van der Waals surface area contributed by atoms with E-state index < -0.39 is 0 Å². The van der Waals surface area contributed by atoms with Gasteiger partial charge in [0, 0.05) is 0 Å². The Morgan fingerprint density at radius 1 is 1.22 bits per heavy atom. The molecule has 0 bridgehead atoms. The fraction of sp³-hybridized carbons (Fsp3) is 0.556. The average molecular weight is 122 g/mol.